The molecule has 0 radical (unpaired) electrons. The Hall–Kier alpha value is -3.37. The number of benzene rings is 2. The van der Waals surface area contributed by atoms with Gasteiger partial charge in [0.05, 0.1) is 34.7 Å². The molecule has 0 saturated carbocycles. The Kier molecular flexibility index (Phi) is 7.42. The molecule has 182 valence electrons. The summed E-state index contributed by atoms with van der Waals surface area (Å²) in [6.07, 6.45) is 1.77. The summed E-state index contributed by atoms with van der Waals surface area (Å²) in [6, 6.07) is 13.9. The molecule has 7 nitrogen and oxygen atoms in total. The van der Waals surface area contributed by atoms with Crippen LogP contribution in [0.5, 0.6) is 5.75 Å². The normalized spacial score (nSPS) is 11.5. The fourth-order valence-electron chi connectivity index (χ4n) is 3.60. The quantitative estimate of drug-likeness (QED) is 0.295. The average Bonchev–Trinajstić information content (AvgIpc) is 3.30. The minimum Gasteiger partial charge on any atom is -0.494 e. The van der Waals surface area contributed by atoms with Crippen LogP contribution >= 0.6 is 11.3 Å². The second-order valence-electron chi connectivity index (χ2n) is 7.94. The molecule has 0 aliphatic carbocycles. The number of halogens is 1. The number of carbonyl (C=O) groups excluding carboxylic acids is 1. The largest absolute Gasteiger partial charge is 0.494 e. The Morgan fingerprint density at radius 2 is 1.89 bits per heavy atom. The zero-order valence-corrected chi connectivity index (χ0v) is 20.9. The van der Waals surface area contributed by atoms with Crippen LogP contribution in [0.2, 0.25) is 0 Å². The smallest absolute Gasteiger partial charge is 0.229 e. The number of fused-ring (bicyclic) bond motifs is 1. The molecule has 4 rings (SSSR count). The van der Waals surface area contributed by atoms with E-state index < -0.39 is 15.7 Å². The van der Waals surface area contributed by atoms with E-state index in [-0.39, 0.29) is 35.9 Å². The standard InChI is InChI=1S/C25H24FN3O4S2/c1-17-8-13-21(33-2)23-24(17)34-25(28-23)29(16-19-6-3-4-14-27-19)22(30)7-5-15-35(31,32)20-11-9-18(26)10-12-20/h3-4,6,8-14H,5,7,15-16H2,1-2H3. The molecule has 0 spiro atoms. The van der Waals surface area contributed by atoms with E-state index in [1.54, 1.807) is 19.4 Å². The molecule has 2 aromatic heterocycles. The van der Waals surface area contributed by atoms with Crippen LogP contribution in [0.3, 0.4) is 0 Å². The van der Waals surface area contributed by atoms with Crippen LogP contribution in [0.25, 0.3) is 10.2 Å². The monoisotopic (exact) mass is 513 g/mol. The van der Waals surface area contributed by atoms with Gasteiger partial charge in [0.25, 0.3) is 0 Å². The van der Waals surface area contributed by atoms with Crippen LogP contribution in [0.4, 0.5) is 9.52 Å². The van der Waals surface area contributed by atoms with E-state index >= 15 is 0 Å². The number of hydrogen-bond donors (Lipinski definition) is 0. The number of hydrogen-bond acceptors (Lipinski definition) is 7. The van der Waals surface area contributed by atoms with Crippen molar-refractivity contribution >= 4 is 42.4 Å². The molecule has 0 bridgehead atoms. The van der Waals surface area contributed by atoms with Crippen molar-refractivity contribution in [2.75, 3.05) is 17.8 Å². The number of aromatic nitrogens is 2. The highest BCUT2D eigenvalue weighted by molar-refractivity contribution is 7.91. The molecule has 35 heavy (non-hydrogen) atoms. The van der Waals surface area contributed by atoms with Gasteiger partial charge in [0, 0.05) is 12.6 Å². The molecular weight excluding hydrogens is 489 g/mol. The van der Waals surface area contributed by atoms with E-state index in [0.717, 1.165) is 22.4 Å². The molecule has 4 aromatic rings. The van der Waals surface area contributed by atoms with E-state index in [9.17, 15) is 17.6 Å². The molecule has 2 heterocycles. The van der Waals surface area contributed by atoms with Crippen molar-refractivity contribution in [2.24, 2.45) is 0 Å². The van der Waals surface area contributed by atoms with Gasteiger partial charge in [0.15, 0.2) is 15.0 Å². The average molecular weight is 514 g/mol. The van der Waals surface area contributed by atoms with E-state index in [1.165, 1.54) is 28.4 Å². The number of amides is 1. The molecule has 0 aliphatic heterocycles. The van der Waals surface area contributed by atoms with Gasteiger partial charge < -0.3 is 4.74 Å². The Morgan fingerprint density at radius 1 is 1.11 bits per heavy atom. The van der Waals surface area contributed by atoms with Gasteiger partial charge in [-0.2, -0.15) is 0 Å². The molecule has 0 unspecified atom stereocenters. The Labute approximate surface area is 207 Å². The number of methoxy groups -OCH3 is 1. The predicted molar refractivity (Wildman–Crippen MR) is 134 cm³/mol. The summed E-state index contributed by atoms with van der Waals surface area (Å²) >= 11 is 1.38. The summed E-state index contributed by atoms with van der Waals surface area (Å²) < 4.78 is 44.7. The van der Waals surface area contributed by atoms with Gasteiger partial charge in [-0.25, -0.2) is 17.8 Å². The third kappa shape index (κ3) is 5.66. The van der Waals surface area contributed by atoms with E-state index in [1.807, 2.05) is 31.2 Å². The Bertz CT molecular complexity index is 1440. The SMILES string of the molecule is COc1ccc(C)c2sc(N(Cc3ccccn3)C(=O)CCCS(=O)(=O)c3ccc(F)cc3)nc12. The fourth-order valence-corrected chi connectivity index (χ4v) is 5.98. The summed E-state index contributed by atoms with van der Waals surface area (Å²) in [5, 5.41) is 0.490. The first kappa shape index (κ1) is 24.7. The Morgan fingerprint density at radius 3 is 2.57 bits per heavy atom. The molecule has 0 saturated heterocycles. The van der Waals surface area contributed by atoms with Crippen molar-refractivity contribution in [3.05, 3.63) is 77.9 Å². The van der Waals surface area contributed by atoms with Gasteiger partial charge in [0.2, 0.25) is 5.91 Å². The van der Waals surface area contributed by atoms with Crippen LogP contribution in [-0.4, -0.2) is 37.2 Å². The van der Waals surface area contributed by atoms with Crippen LogP contribution in [-0.2, 0) is 21.2 Å². The number of ether oxygens (including phenoxy) is 1. The summed E-state index contributed by atoms with van der Waals surface area (Å²) in [6.45, 7) is 2.17. The number of thiazole rings is 1. The van der Waals surface area contributed by atoms with Gasteiger partial charge >= 0.3 is 0 Å². The second-order valence-corrected chi connectivity index (χ2v) is 11.0. The lowest BCUT2D eigenvalue weighted by molar-refractivity contribution is -0.118. The lowest BCUT2D eigenvalue weighted by Gasteiger charge is -2.19. The molecule has 2 aromatic carbocycles. The summed E-state index contributed by atoms with van der Waals surface area (Å²) in [4.78, 5) is 23.9. The number of sulfone groups is 1. The van der Waals surface area contributed by atoms with Crippen molar-refractivity contribution in [2.45, 2.75) is 31.2 Å². The highest BCUT2D eigenvalue weighted by Crippen LogP contribution is 2.37. The molecule has 0 N–H and O–H groups in total. The van der Waals surface area contributed by atoms with E-state index in [0.29, 0.717) is 22.1 Å². The van der Waals surface area contributed by atoms with Crippen LogP contribution in [0.1, 0.15) is 24.1 Å². The van der Waals surface area contributed by atoms with Crippen molar-refractivity contribution in [3.8, 4) is 5.75 Å². The first-order valence-corrected chi connectivity index (χ1v) is 13.4. The first-order chi connectivity index (χ1) is 16.8. The van der Waals surface area contributed by atoms with Gasteiger partial charge in [-0.1, -0.05) is 23.5 Å². The highest BCUT2D eigenvalue weighted by atomic mass is 32.2. The number of aryl methyl sites for hydroxylation is 1. The lowest BCUT2D eigenvalue weighted by atomic mass is 10.2. The maximum Gasteiger partial charge on any atom is 0.229 e. The topological polar surface area (TPSA) is 89.5 Å². The van der Waals surface area contributed by atoms with Crippen molar-refractivity contribution in [1.29, 1.82) is 0 Å². The number of anilines is 1. The summed E-state index contributed by atoms with van der Waals surface area (Å²) in [5.41, 5.74) is 2.37. The highest BCUT2D eigenvalue weighted by Gasteiger charge is 2.23. The molecular formula is C25H24FN3O4S2. The molecule has 10 heteroatoms. The van der Waals surface area contributed by atoms with E-state index in [4.69, 9.17) is 9.72 Å². The number of nitrogens with zero attached hydrogens (tertiary/aromatic N) is 3. The van der Waals surface area contributed by atoms with Gasteiger partial charge in [-0.05, 0) is 61.4 Å². The predicted octanol–water partition coefficient (Wildman–Crippen LogP) is 4.93. The second kappa shape index (κ2) is 10.5. The molecule has 0 aliphatic rings. The lowest BCUT2D eigenvalue weighted by Crippen LogP contribution is -2.30. The summed E-state index contributed by atoms with van der Waals surface area (Å²) in [5.74, 6) is -0.384. The number of pyridine rings is 1. The minimum absolute atomic E-state index is 0.000694. The zero-order valence-electron chi connectivity index (χ0n) is 19.3. The van der Waals surface area contributed by atoms with Crippen molar-refractivity contribution in [1.82, 2.24) is 9.97 Å². The molecule has 1 amide bonds. The van der Waals surface area contributed by atoms with E-state index in [2.05, 4.69) is 4.98 Å². The third-order valence-corrected chi connectivity index (χ3v) is 8.50. The number of rotatable bonds is 9. The molecule has 0 fully saturated rings. The molecule has 0 atom stereocenters. The van der Waals surface area contributed by atoms with Gasteiger partial charge in [0.1, 0.15) is 17.1 Å². The van der Waals surface area contributed by atoms with Gasteiger partial charge in [-0.15, -0.1) is 0 Å². The van der Waals surface area contributed by atoms with Gasteiger partial charge in [-0.3, -0.25) is 14.7 Å². The van der Waals surface area contributed by atoms with Crippen molar-refractivity contribution in [3.63, 3.8) is 0 Å². The number of carbonyl (C=O) groups is 1. The fraction of sp³-hybridized carbons (Fsp3) is 0.240. The van der Waals surface area contributed by atoms with Crippen LogP contribution in [0, 0.1) is 12.7 Å². The minimum atomic E-state index is -3.64. The van der Waals surface area contributed by atoms with Crippen molar-refractivity contribution < 1.29 is 22.3 Å². The first-order valence-electron chi connectivity index (χ1n) is 10.9. The Balaban J connectivity index is 1.57. The van der Waals surface area contributed by atoms with Crippen LogP contribution < -0.4 is 9.64 Å². The third-order valence-electron chi connectivity index (χ3n) is 5.47. The summed E-state index contributed by atoms with van der Waals surface area (Å²) in [7, 11) is -2.07. The van der Waals surface area contributed by atoms with Crippen LogP contribution in [0.15, 0.2) is 65.7 Å². The maximum atomic E-state index is 13.3. The maximum absolute atomic E-state index is 13.3. The zero-order chi connectivity index (χ0) is 25.0.